The Balaban J connectivity index is 2.78. The molecule has 1 aromatic carbocycles. The molecule has 4 nitrogen and oxygen atoms in total. The fourth-order valence-electron chi connectivity index (χ4n) is 2.37. The molecule has 8 heteroatoms. The Kier molecular flexibility index (Phi) is 3.97. The van der Waals surface area contributed by atoms with Crippen molar-refractivity contribution in [3.63, 3.8) is 0 Å². The molecule has 0 saturated carbocycles. The van der Waals surface area contributed by atoms with Crippen molar-refractivity contribution in [1.82, 2.24) is 9.55 Å². The number of aryl methyl sites for hydroxylation is 1. The van der Waals surface area contributed by atoms with Crippen molar-refractivity contribution in [3.8, 4) is 0 Å². The average molecular weight is 321 g/mol. The predicted molar refractivity (Wildman–Crippen MR) is 78.7 cm³/mol. The number of fused-ring (bicyclic) bond motifs is 1. The molecule has 1 aromatic heterocycles. The van der Waals surface area contributed by atoms with E-state index in [2.05, 4.69) is 4.98 Å². The molecule has 0 aliphatic carbocycles. The number of imidazole rings is 1. The van der Waals surface area contributed by atoms with E-state index in [1.807, 2.05) is 18.7 Å². The topological polar surface area (TPSA) is 47.1 Å². The van der Waals surface area contributed by atoms with Crippen molar-refractivity contribution in [2.24, 2.45) is 7.05 Å². The summed E-state index contributed by atoms with van der Waals surface area (Å²) in [5.74, 6) is 0.567. The van der Waals surface area contributed by atoms with Crippen LogP contribution >= 0.6 is 11.6 Å². The smallest absolute Gasteiger partial charge is 0.396 e. The number of halogens is 4. The van der Waals surface area contributed by atoms with Crippen LogP contribution in [0, 0.1) is 0 Å². The van der Waals surface area contributed by atoms with E-state index in [-0.39, 0.29) is 11.2 Å². The summed E-state index contributed by atoms with van der Waals surface area (Å²) in [5.41, 5.74) is 5.34. The van der Waals surface area contributed by atoms with Crippen LogP contribution in [0.4, 0.5) is 24.8 Å². The van der Waals surface area contributed by atoms with Gasteiger partial charge in [-0.1, -0.05) is 11.6 Å². The zero-order valence-electron chi connectivity index (χ0n) is 11.9. The number of aromatic nitrogens is 2. The molecule has 0 fully saturated rings. The molecule has 2 aromatic rings. The van der Waals surface area contributed by atoms with Crippen LogP contribution in [0.2, 0.25) is 5.02 Å². The Hall–Kier alpha value is -1.63. The Morgan fingerprint density at radius 1 is 1.33 bits per heavy atom. The fraction of sp³-hybridized carbons (Fsp3) is 0.462. The van der Waals surface area contributed by atoms with Crippen molar-refractivity contribution in [2.45, 2.75) is 20.0 Å². The van der Waals surface area contributed by atoms with E-state index < -0.39 is 16.8 Å². The van der Waals surface area contributed by atoms with E-state index in [4.69, 9.17) is 17.3 Å². The van der Waals surface area contributed by atoms with Crippen molar-refractivity contribution in [2.75, 3.05) is 23.7 Å². The van der Waals surface area contributed by atoms with Gasteiger partial charge in [0.1, 0.15) is 0 Å². The summed E-state index contributed by atoms with van der Waals surface area (Å²) in [6.45, 7) is 5.27. The minimum Gasteiger partial charge on any atom is -0.396 e. The number of anilines is 2. The second-order valence-electron chi connectivity index (χ2n) is 4.66. The van der Waals surface area contributed by atoms with Gasteiger partial charge in [-0.2, -0.15) is 13.2 Å². The summed E-state index contributed by atoms with van der Waals surface area (Å²) in [6.07, 6.45) is -4.56. The van der Waals surface area contributed by atoms with E-state index in [9.17, 15) is 13.2 Å². The maximum absolute atomic E-state index is 13.0. The summed E-state index contributed by atoms with van der Waals surface area (Å²) in [4.78, 5) is 6.21. The number of hydrogen-bond donors (Lipinski definition) is 1. The molecule has 0 radical (unpaired) electrons. The fourth-order valence-corrected chi connectivity index (χ4v) is 2.62. The predicted octanol–water partition coefficient (Wildman–Crippen LogP) is 3.67. The van der Waals surface area contributed by atoms with Crippen LogP contribution in [0.1, 0.15) is 19.4 Å². The molecule has 2 N–H and O–H groups in total. The van der Waals surface area contributed by atoms with E-state index in [0.29, 0.717) is 24.6 Å². The standard InChI is InChI=1S/C13H16ClF3N4/c1-4-21(5-2)12-19-8-6-7(13(15,16)17)9(14)10(18)11(8)20(12)3/h6H,4-5,18H2,1-3H3. The van der Waals surface area contributed by atoms with Gasteiger partial charge < -0.3 is 15.2 Å². The molecular formula is C13H16ClF3N4. The highest BCUT2D eigenvalue weighted by Crippen LogP contribution is 2.41. The highest BCUT2D eigenvalue weighted by atomic mass is 35.5. The molecule has 2 rings (SSSR count). The molecule has 116 valence electrons. The van der Waals surface area contributed by atoms with Gasteiger partial charge >= 0.3 is 6.18 Å². The van der Waals surface area contributed by atoms with Crippen molar-refractivity contribution in [3.05, 3.63) is 16.7 Å². The third-order valence-corrected chi connectivity index (χ3v) is 3.87. The van der Waals surface area contributed by atoms with Gasteiger partial charge in [0.2, 0.25) is 5.95 Å². The highest BCUT2D eigenvalue weighted by molar-refractivity contribution is 6.35. The third kappa shape index (κ3) is 2.50. The molecule has 0 unspecified atom stereocenters. The average Bonchev–Trinajstić information content (AvgIpc) is 2.72. The second kappa shape index (κ2) is 5.29. The van der Waals surface area contributed by atoms with Crippen molar-refractivity contribution >= 4 is 34.3 Å². The maximum atomic E-state index is 13.0. The summed E-state index contributed by atoms with van der Waals surface area (Å²) >= 11 is 5.79. The number of nitrogen functional groups attached to an aromatic ring is 1. The molecule has 21 heavy (non-hydrogen) atoms. The minimum absolute atomic E-state index is 0.102. The lowest BCUT2D eigenvalue weighted by Crippen LogP contribution is -2.24. The van der Waals surface area contributed by atoms with Crippen molar-refractivity contribution in [1.29, 1.82) is 0 Å². The number of hydrogen-bond acceptors (Lipinski definition) is 3. The normalized spacial score (nSPS) is 12.1. The molecule has 0 atom stereocenters. The van der Waals surface area contributed by atoms with Crippen LogP contribution in [-0.4, -0.2) is 22.6 Å². The van der Waals surface area contributed by atoms with Gasteiger partial charge in [-0.25, -0.2) is 4.98 Å². The van der Waals surface area contributed by atoms with Crippen LogP contribution in [-0.2, 0) is 13.2 Å². The number of nitrogens with two attached hydrogens (primary N) is 1. The van der Waals surface area contributed by atoms with Gasteiger partial charge in [0, 0.05) is 20.1 Å². The molecule has 0 spiro atoms. The molecular weight excluding hydrogens is 305 g/mol. The molecule has 0 aliphatic heterocycles. The summed E-state index contributed by atoms with van der Waals surface area (Å²) in [5, 5.41) is -0.482. The number of nitrogens with zero attached hydrogens (tertiary/aromatic N) is 3. The minimum atomic E-state index is -4.56. The lowest BCUT2D eigenvalue weighted by molar-refractivity contribution is -0.137. The van der Waals surface area contributed by atoms with E-state index >= 15 is 0 Å². The first-order valence-electron chi connectivity index (χ1n) is 6.48. The third-order valence-electron chi connectivity index (χ3n) is 3.46. The number of benzene rings is 1. The second-order valence-corrected chi connectivity index (χ2v) is 5.04. The van der Waals surface area contributed by atoms with Crippen LogP contribution in [0.15, 0.2) is 6.07 Å². The van der Waals surface area contributed by atoms with Crippen LogP contribution in [0.3, 0.4) is 0 Å². The van der Waals surface area contributed by atoms with Crippen LogP contribution < -0.4 is 10.6 Å². The van der Waals surface area contributed by atoms with Gasteiger partial charge in [0.15, 0.2) is 0 Å². The lowest BCUT2D eigenvalue weighted by Gasteiger charge is -2.19. The molecule has 0 bridgehead atoms. The van der Waals surface area contributed by atoms with Gasteiger partial charge in [-0.15, -0.1) is 0 Å². The lowest BCUT2D eigenvalue weighted by atomic mass is 10.1. The maximum Gasteiger partial charge on any atom is 0.418 e. The Morgan fingerprint density at radius 2 is 1.90 bits per heavy atom. The van der Waals surface area contributed by atoms with Gasteiger partial charge in [-0.05, 0) is 19.9 Å². The first-order chi connectivity index (χ1) is 9.72. The van der Waals surface area contributed by atoms with E-state index in [1.54, 1.807) is 11.6 Å². The van der Waals surface area contributed by atoms with Crippen molar-refractivity contribution < 1.29 is 13.2 Å². The van der Waals surface area contributed by atoms with E-state index in [1.165, 1.54) is 0 Å². The first-order valence-corrected chi connectivity index (χ1v) is 6.86. The summed E-state index contributed by atoms with van der Waals surface area (Å²) in [6, 6.07) is 0.945. The SMILES string of the molecule is CCN(CC)c1nc2cc(C(F)(F)F)c(Cl)c(N)c2n1C. The van der Waals surface area contributed by atoms with E-state index in [0.717, 1.165) is 6.07 Å². The summed E-state index contributed by atoms with van der Waals surface area (Å²) in [7, 11) is 1.71. The van der Waals surface area contributed by atoms with Crippen LogP contribution in [0.5, 0.6) is 0 Å². The molecule has 1 heterocycles. The Bertz CT molecular complexity index is 674. The first kappa shape index (κ1) is 15.8. The molecule has 0 aliphatic rings. The highest BCUT2D eigenvalue weighted by Gasteiger charge is 2.35. The van der Waals surface area contributed by atoms with Gasteiger partial charge in [-0.3, -0.25) is 0 Å². The monoisotopic (exact) mass is 320 g/mol. The number of rotatable bonds is 3. The molecule has 0 amide bonds. The molecule has 0 saturated heterocycles. The Morgan fingerprint density at radius 3 is 2.38 bits per heavy atom. The largest absolute Gasteiger partial charge is 0.418 e. The van der Waals surface area contributed by atoms with Gasteiger partial charge in [0.25, 0.3) is 0 Å². The van der Waals surface area contributed by atoms with Gasteiger partial charge in [0.05, 0.1) is 27.3 Å². The number of alkyl halides is 3. The zero-order valence-corrected chi connectivity index (χ0v) is 12.7. The quantitative estimate of drug-likeness (QED) is 0.878. The zero-order chi connectivity index (χ0) is 15.9. The van der Waals surface area contributed by atoms with Crippen LogP contribution in [0.25, 0.3) is 11.0 Å². The summed E-state index contributed by atoms with van der Waals surface area (Å²) < 4.78 is 40.6. The Labute approximate surface area is 125 Å².